The summed E-state index contributed by atoms with van der Waals surface area (Å²) >= 11 is 6.33. The summed E-state index contributed by atoms with van der Waals surface area (Å²) in [6.45, 7) is 5.53. The molecule has 0 atom stereocenters. The van der Waals surface area contributed by atoms with E-state index in [1.807, 2.05) is 6.07 Å². The Morgan fingerprint density at radius 2 is 2.14 bits per heavy atom. The van der Waals surface area contributed by atoms with Crippen molar-refractivity contribution >= 4 is 29.1 Å². The average Bonchev–Trinajstić information content (AvgIpc) is 3.16. The number of aromatic amines is 1. The Hall–Kier alpha value is -2.65. The average molecular weight is 418 g/mol. The van der Waals surface area contributed by atoms with E-state index in [2.05, 4.69) is 37.2 Å². The molecular weight excluding hydrogens is 394 g/mol. The SMILES string of the molecule is CCCCc1cc(=O)n2nc(NCc3cc(N4CCOCC4)ncc3Cl)nc2[nH]1. The van der Waals surface area contributed by atoms with Crippen LogP contribution in [0.3, 0.4) is 0 Å². The van der Waals surface area contributed by atoms with Crippen molar-refractivity contribution in [3.63, 3.8) is 0 Å². The summed E-state index contributed by atoms with van der Waals surface area (Å²) in [6, 6.07) is 3.54. The maximum atomic E-state index is 12.3. The number of ether oxygens (including phenoxy) is 1. The molecule has 0 bridgehead atoms. The molecule has 0 amide bonds. The Kier molecular flexibility index (Phi) is 5.96. The van der Waals surface area contributed by atoms with Crippen LogP contribution in [0.2, 0.25) is 5.02 Å². The Labute approximate surface area is 173 Å². The van der Waals surface area contributed by atoms with Crippen molar-refractivity contribution in [2.75, 3.05) is 36.5 Å². The first-order valence-corrected chi connectivity index (χ1v) is 10.2. The molecule has 1 fully saturated rings. The Morgan fingerprint density at radius 1 is 1.31 bits per heavy atom. The largest absolute Gasteiger partial charge is 0.378 e. The lowest BCUT2D eigenvalue weighted by molar-refractivity contribution is 0.122. The smallest absolute Gasteiger partial charge is 0.275 e. The summed E-state index contributed by atoms with van der Waals surface area (Å²) in [4.78, 5) is 26.5. The van der Waals surface area contributed by atoms with Gasteiger partial charge >= 0.3 is 0 Å². The number of H-pyrrole nitrogens is 1. The van der Waals surface area contributed by atoms with Crippen LogP contribution in [0, 0.1) is 0 Å². The number of unbranched alkanes of at least 4 members (excludes halogenated alkanes) is 1. The number of aromatic nitrogens is 5. The molecule has 3 aromatic rings. The molecule has 0 radical (unpaired) electrons. The van der Waals surface area contributed by atoms with E-state index in [0.717, 1.165) is 49.4 Å². The van der Waals surface area contributed by atoms with Crippen LogP contribution in [0.4, 0.5) is 11.8 Å². The molecule has 0 spiro atoms. The summed E-state index contributed by atoms with van der Waals surface area (Å²) in [7, 11) is 0. The number of pyridine rings is 1. The summed E-state index contributed by atoms with van der Waals surface area (Å²) in [6.07, 6.45) is 4.54. The van der Waals surface area contributed by atoms with Gasteiger partial charge in [0.1, 0.15) is 5.82 Å². The van der Waals surface area contributed by atoms with Crippen molar-refractivity contribution in [3.05, 3.63) is 45.0 Å². The van der Waals surface area contributed by atoms with Gasteiger partial charge in [0.05, 0.1) is 18.2 Å². The Morgan fingerprint density at radius 3 is 2.93 bits per heavy atom. The fraction of sp³-hybridized carbons (Fsp3) is 0.474. The van der Waals surface area contributed by atoms with Gasteiger partial charge in [-0.15, -0.1) is 5.10 Å². The van der Waals surface area contributed by atoms with Crippen LogP contribution in [0.25, 0.3) is 5.78 Å². The highest BCUT2D eigenvalue weighted by molar-refractivity contribution is 6.31. The van der Waals surface area contributed by atoms with E-state index < -0.39 is 0 Å². The molecule has 4 heterocycles. The first-order chi connectivity index (χ1) is 14.1. The molecular formula is C19H24ClN7O2. The predicted octanol–water partition coefficient (Wildman–Crippen LogP) is 2.26. The van der Waals surface area contributed by atoms with Crippen molar-refractivity contribution in [3.8, 4) is 0 Å². The molecule has 10 heteroatoms. The summed E-state index contributed by atoms with van der Waals surface area (Å²) in [5.74, 6) is 1.67. The molecule has 154 valence electrons. The molecule has 2 N–H and O–H groups in total. The van der Waals surface area contributed by atoms with E-state index in [9.17, 15) is 4.79 Å². The van der Waals surface area contributed by atoms with Gasteiger partial charge in [0.25, 0.3) is 5.56 Å². The third-order valence-electron chi connectivity index (χ3n) is 4.88. The molecule has 9 nitrogen and oxygen atoms in total. The molecule has 3 aromatic heterocycles. The fourth-order valence-electron chi connectivity index (χ4n) is 3.26. The lowest BCUT2D eigenvalue weighted by Gasteiger charge is -2.28. The highest BCUT2D eigenvalue weighted by atomic mass is 35.5. The molecule has 0 aromatic carbocycles. The molecule has 0 saturated carbocycles. The van der Waals surface area contributed by atoms with Crippen LogP contribution in [-0.2, 0) is 17.7 Å². The van der Waals surface area contributed by atoms with Gasteiger partial charge < -0.3 is 19.9 Å². The number of halogens is 1. The second-order valence-corrected chi connectivity index (χ2v) is 7.40. The van der Waals surface area contributed by atoms with Gasteiger partial charge in [0.15, 0.2) is 0 Å². The van der Waals surface area contributed by atoms with Crippen molar-refractivity contribution in [2.24, 2.45) is 0 Å². The van der Waals surface area contributed by atoms with Crippen molar-refractivity contribution in [1.82, 2.24) is 24.6 Å². The maximum absolute atomic E-state index is 12.3. The van der Waals surface area contributed by atoms with E-state index in [1.165, 1.54) is 4.52 Å². The van der Waals surface area contributed by atoms with E-state index in [0.29, 0.717) is 36.5 Å². The number of hydrogen-bond donors (Lipinski definition) is 2. The van der Waals surface area contributed by atoms with Crippen molar-refractivity contribution in [1.29, 1.82) is 0 Å². The summed E-state index contributed by atoms with van der Waals surface area (Å²) in [5.41, 5.74) is 1.56. The van der Waals surface area contributed by atoms with Gasteiger partial charge in [0.2, 0.25) is 11.7 Å². The number of fused-ring (bicyclic) bond motifs is 1. The zero-order valence-electron chi connectivity index (χ0n) is 16.3. The molecule has 0 aliphatic carbocycles. The molecule has 0 unspecified atom stereocenters. The summed E-state index contributed by atoms with van der Waals surface area (Å²) in [5, 5.41) is 7.98. The van der Waals surface area contributed by atoms with Crippen LogP contribution >= 0.6 is 11.6 Å². The van der Waals surface area contributed by atoms with E-state index in [1.54, 1.807) is 12.3 Å². The Balaban J connectivity index is 1.50. The van der Waals surface area contributed by atoms with Gasteiger partial charge in [-0.3, -0.25) is 4.79 Å². The molecule has 1 saturated heterocycles. The van der Waals surface area contributed by atoms with Gasteiger partial charge in [-0.25, -0.2) is 4.98 Å². The van der Waals surface area contributed by atoms with Gasteiger partial charge in [-0.2, -0.15) is 9.50 Å². The second kappa shape index (κ2) is 8.79. The fourth-order valence-corrected chi connectivity index (χ4v) is 3.43. The highest BCUT2D eigenvalue weighted by Crippen LogP contribution is 2.22. The van der Waals surface area contributed by atoms with E-state index in [4.69, 9.17) is 16.3 Å². The van der Waals surface area contributed by atoms with E-state index in [-0.39, 0.29) is 5.56 Å². The maximum Gasteiger partial charge on any atom is 0.275 e. The normalized spacial score (nSPS) is 14.5. The predicted molar refractivity (Wildman–Crippen MR) is 112 cm³/mol. The van der Waals surface area contributed by atoms with Crippen LogP contribution in [-0.4, -0.2) is 50.9 Å². The third-order valence-corrected chi connectivity index (χ3v) is 5.22. The Bertz CT molecular complexity index is 1040. The number of anilines is 2. The molecule has 4 rings (SSSR count). The topological polar surface area (TPSA) is 100 Å². The lowest BCUT2D eigenvalue weighted by Crippen LogP contribution is -2.36. The standard InChI is InChI=1S/C19H24ClN7O2/c1-2-3-4-14-10-17(28)27-19(23-14)24-18(25-27)22-11-13-9-16(21-12-15(13)20)26-5-7-29-8-6-26/h9-10,12H,2-8,11H2,1H3,(H2,22,23,24,25). The lowest BCUT2D eigenvalue weighted by atomic mass is 10.2. The number of rotatable bonds is 7. The quantitative estimate of drug-likeness (QED) is 0.608. The minimum absolute atomic E-state index is 0.193. The van der Waals surface area contributed by atoms with Gasteiger partial charge in [-0.1, -0.05) is 24.9 Å². The molecule has 29 heavy (non-hydrogen) atoms. The van der Waals surface area contributed by atoms with E-state index >= 15 is 0 Å². The minimum Gasteiger partial charge on any atom is -0.378 e. The monoisotopic (exact) mass is 417 g/mol. The van der Waals surface area contributed by atoms with Crippen LogP contribution in [0.15, 0.2) is 23.1 Å². The van der Waals surface area contributed by atoms with Crippen LogP contribution in [0.1, 0.15) is 31.0 Å². The number of morpholine rings is 1. The zero-order chi connectivity index (χ0) is 20.2. The molecule has 1 aliphatic heterocycles. The number of aryl methyl sites for hydroxylation is 1. The number of nitrogens with one attached hydrogen (secondary N) is 2. The molecule has 1 aliphatic rings. The van der Waals surface area contributed by atoms with Gasteiger partial charge in [-0.05, 0) is 24.5 Å². The highest BCUT2D eigenvalue weighted by Gasteiger charge is 2.15. The van der Waals surface area contributed by atoms with Crippen LogP contribution < -0.4 is 15.8 Å². The number of hydrogen-bond acceptors (Lipinski definition) is 7. The second-order valence-electron chi connectivity index (χ2n) is 6.99. The van der Waals surface area contributed by atoms with Crippen LogP contribution in [0.5, 0.6) is 0 Å². The third kappa shape index (κ3) is 4.51. The van der Waals surface area contributed by atoms with Crippen molar-refractivity contribution < 1.29 is 4.74 Å². The van der Waals surface area contributed by atoms with Crippen molar-refractivity contribution in [2.45, 2.75) is 32.7 Å². The first-order valence-electron chi connectivity index (χ1n) is 9.84. The number of nitrogens with zero attached hydrogens (tertiary/aromatic N) is 5. The summed E-state index contributed by atoms with van der Waals surface area (Å²) < 4.78 is 6.66. The first kappa shape index (κ1) is 19.7. The minimum atomic E-state index is -0.193. The van der Waals surface area contributed by atoms with Gasteiger partial charge in [0, 0.05) is 37.6 Å². The zero-order valence-corrected chi connectivity index (χ0v) is 17.1.